The molecule has 0 aliphatic carbocycles. The van der Waals surface area contributed by atoms with E-state index in [0.29, 0.717) is 11.7 Å². The van der Waals surface area contributed by atoms with Crippen molar-refractivity contribution in [3.8, 4) is 5.75 Å². The lowest BCUT2D eigenvalue weighted by atomic mass is 9.85. The SMILES string of the molecule is CC(C)c1cc(O)cc(C(C)(C)C)c1. The first-order valence-corrected chi connectivity index (χ1v) is 5.15. The standard InChI is InChI=1S/C13H20O/c1-9(2)10-6-11(13(3,4)5)8-12(14)7-10/h6-9,14H,1-5H3. The van der Waals surface area contributed by atoms with Crippen LogP contribution in [0.15, 0.2) is 18.2 Å². The van der Waals surface area contributed by atoms with E-state index in [1.807, 2.05) is 12.1 Å². The van der Waals surface area contributed by atoms with E-state index in [2.05, 4.69) is 40.7 Å². The van der Waals surface area contributed by atoms with Crippen LogP contribution in [-0.2, 0) is 5.41 Å². The van der Waals surface area contributed by atoms with Crippen LogP contribution in [0.25, 0.3) is 0 Å². The molecule has 0 aliphatic heterocycles. The Hall–Kier alpha value is -0.980. The van der Waals surface area contributed by atoms with Gasteiger partial charge < -0.3 is 5.11 Å². The van der Waals surface area contributed by atoms with Crippen LogP contribution in [-0.4, -0.2) is 5.11 Å². The van der Waals surface area contributed by atoms with Crippen molar-refractivity contribution in [1.82, 2.24) is 0 Å². The molecule has 1 nitrogen and oxygen atoms in total. The zero-order chi connectivity index (χ0) is 10.9. The number of aromatic hydroxyl groups is 1. The highest BCUT2D eigenvalue weighted by Crippen LogP contribution is 2.29. The molecule has 0 bridgehead atoms. The van der Waals surface area contributed by atoms with Crippen molar-refractivity contribution in [2.45, 2.75) is 46.0 Å². The summed E-state index contributed by atoms with van der Waals surface area (Å²) in [6, 6.07) is 5.89. The van der Waals surface area contributed by atoms with Gasteiger partial charge in [-0.1, -0.05) is 40.7 Å². The topological polar surface area (TPSA) is 20.2 Å². The molecule has 1 rings (SSSR count). The number of hydrogen-bond donors (Lipinski definition) is 1. The van der Waals surface area contributed by atoms with Crippen molar-refractivity contribution in [2.24, 2.45) is 0 Å². The summed E-state index contributed by atoms with van der Waals surface area (Å²) in [6.45, 7) is 10.8. The van der Waals surface area contributed by atoms with Crippen LogP contribution in [0.4, 0.5) is 0 Å². The normalized spacial score (nSPS) is 12.1. The van der Waals surface area contributed by atoms with Gasteiger partial charge in [-0.25, -0.2) is 0 Å². The Kier molecular flexibility index (Phi) is 2.89. The molecule has 0 saturated heterocycles. The van der Waals surface area contributed by atoms with Crippen molar-refractivity contribution in [3.63, 3.8) is 0 Å². The van der Waals surface area contributed by atoms with Crippen molar-refractivity contribution >= 4 is 0 Å². The average Bonchev–Trinajstić information content (AvgIpc) is 2.01. The second kappa shape index (κ2) is 3.64. The fourth-order valence-electron chi connectivity index (χ4n) is 1.40. The molecule has 0 aromatic heterocycles. The summed E-state index contributed by atoms with van der Waals surface area (Å²) in [6.07, 6.45) is 0. The Morgan fingerprint density at radius 2 is 1.64 bits per heavy atom. The molecule has 0 unspecified atom stereocenters. The molecule has 0 heterocycles. The summed E-state index contributed by atoms with van der Waals surface area (Å²) < 4.78 is 0. The third-order valence-electron chi connectivity index (χ3n) is 2.47. The largest absolute Gasteiger partial charge is 0.508 e. The second-order valence-electron chi connectivity index (χ2n) is 5.22. The van der Waals surface area contributed by atoms with E-state index in [4.69, 9.17) is 0 Å². The first-order chi connectivity index (χ1) is 6.30. The Morgan fingerprint density at radius 1 is 1.07 bits per heavy atom. The predicted octanol–water partition coefficient (Wildman–Crippen LogP) is 3.81. The van der Waals surface area contributed by atoms with Crippen molar-refractivity contribution in [2.75, 3.05) is 0 Å². The number of phenolic OH excluding ortho intramolecular Hbond substituents is 1. The molecule has 1 aromatic rings. The summed E-state index contributed by atoms with van der Waals surface area (Å²) in [5.41, 5.74) is 2.50. The van der Waals surface area contributed by atoms with Gasteiger partial charge in [0.05, 0.1) is 0 Å². The Labute approximate surface area is 86.8 Å². The average molecular weight is 192 g/mol. The van der Waals surface area contributed by atoms with Gasteiger partial charge in [-0.2, -0.15) is 0 Å². The molecule has 78 valence electrons. The summed E-state index contributed by atoms with van der Waals surface area (Å²) in [7, 11) is 0. The van der Waals surface area contributed by atoms with Gasteiger partial charge in [0.25, 0.3) is 0 Å². The number of hydrogen-bond acceptors (Lipinski definition) is 1. The van der Waals surface area contributed by atoms with Gasteiger partial charge in [0, 0.05) is 0 Å². The van der Waals surface area contributed by atoms with Crippen LogP contribution in [0.1, 0.15) is 51.7 Å². The van der Waals surface area contributed by atoms with E-state index >= 15 is 0 Å². The van der Waals surface area contributed by atoms with Gasteiger partial charge in [-0.05, 0) is 34.6 Å². The first kappa shape index (κ1) is 11.1. The smallest absolute Gasteiger partial charge is 0.116 e. The lowest BCUT2D eigenvalue weighted by molar-refractivity contribution is 0.469. The Morgan fingerprint density at radius 3 is 2.07 bits per heavy atom. The number of phenols is 1. The van der Waals surface area contributed by atoms with E-state index in [9.17, 15) is 5.11 Å². The molecule has 1 heteroatoms. The summed E-state index contributed by atoms with van der Waals surface area (Å²) >= 11 is 0. The fraction of sp³-hybridized carbons (Fsp3) is 0.538. The zero-order valence-corrected chi connectivity index (χ0v) is 9.76. The molecule has 0 atom stereocenters. The Balaban J connectivity index is 3.21. The highest BCUT2D eigenvalue weighted by molar-refractivity contribution is 5.38. The van der Waals surface area contributed by atoms with Crippen molar-refractivity contribution in [3.05, 3.63) is 29.3 Å². The van der Waals surface area contributed by atoms with Gasteiger partial charge in [0.2, 0.25) is 0 Å². The molecular weight excluding hydrogens is 172 g/mol. The van der Waals surface area contributed by atoms with E-state index < -0.39 is 0 Å². The Bertz CT molecular complexity index is 318. The summed E-state index contributed by atoms with van der Waals surface area (Å²) in [4.78, 5) is 0. The molecule has 1 aromatic carbocycles. The molecule has 0 saturated carbocycles. The van der Waals surface area contributed by atoms with E-state index in [1.165, 1.54) is 11.1 Å². The third kappa shape index (κ3) is 2.50. The van der Waals surface area contributed by atoms with Crippen LogP contribution in [0.5, 0.6) is 5.75 Å². The lowest BCUT2D eigenvalue weighted by Crippen LogP contribution is -2.11. The molecular formula is C13H20O. The minimum absolute atomic E-state index is 0.0996. The van der Waals surface area contributed by atoms with E-state index in [0.717, 1.165) is 0 Å². The minimum Gasteiger partial charge on any atom is -0.508 e. The van der Waals surface area contributed by atoms with Gasteiger partial charge in [0.1, 0.15) is 5.75 Å². The second-order valence-corrected chi connectivity index (χ2v) is 5.22. The highest BCUT2D eigenvalue weighted by atomic mass is 16.3. The quantitative estimate of drug-likeness (QED) is 0.717. The molecule has 1 N–H and O–H groups in total. The minimum atomic E-state index is 0.0996. The molecule has 0 radical (unpaired) electrons. The molecule has 0 amide bonds. The van der Waals surface area contributed by atoms with Crippen LogP contribution in [0, 0.1) is 0 Å². The molecule has 0 fully saturated rings. The number of benzene rings is 1. The van der Waals surface area contributed by atoms with Gasteiger partial charge in [-0.15, -0.1) is 0 Å². The highest BCUT2D eigenvalue weighted by Gasteiger charge is 2.15. The van der Waals surface area contributed by atoms with E-state index in [-0.39, 0.29) is 5.41 Å². The third-order valence-corrected chi connectivity index (χ3v) is 2.47. The predicted molar refractivity (Wildman–Crippen MR) is 60.9 cm³/mol. The first-order valence-electron chi connectivity index (χ1n) is 5.15. The summed E-state index contributed by atoms with van der Waals surface area (Å²) in [5, 5.41) is 9.61. The van der Waals surface area contributed by atoms with Gasteiger partial charge >= 0.3 is 0 Å². The molecule has 0 aliphatic rings. The zero-order valence-electron chi connectivity index (χ0n) is 9.76. The van der Waals surface area contributed by atoms with Crippen LogP contribution >= 0.6 is 0 Å². The van der Waals surface area contributed by atoms with Gasteiger partial charge in [0.15, 0.2) is 0 Å². The maximum absolute atomic E-state index is 9.61. The fourth-order valence-corrected chi connectivity index (χ4v) is 1.40. The van der Waals surface area contributed by atoms with Crippen molar-refractivity contribution in [1.29, 1.82) is 0 Å². The maximum Gasteiger partial charge on any atom is 0.116 e. The van der Waals surface area contributed by atoms with Crippen LogP contribution < -0.4 is 0 Å². The maximum atomic E-state index is 9.61. The summed E-state index contributed by atoms with van der Waals surface area (Å²) in [5.74, 6) is 0.837. The van der Waals surface area contributed by atoms with Crippen molar-refractivity contribution < 1.29 is 5.11 Å². The van der Waals surface area contributed by atoms with Crippen LogP contribution in [0.2, 0.25) is 0 Å². The number of rotatable bonds is 1. The molecule has 0 spiro atoms. The van der Waals surface area contributed by atoms with E-state index in [1.54, 1.807) is 0 Å². The van der Waals surface area contributed by atoms with Crippen LogP contribution in [0.3, 0.4) is 0 Å². The monoisotopic (exact) mass is 192 g/mol. The van der Waals surface area contributed by atoms with Gasteiger partial charge in [-0.3, -0.25) is 0 Å². The molecule has 14 heavy (non-hydrogen) atoms. The lowest BCUT2D eigenvalue weighted by Gasteiger charge is -2.21.